The molecular weight excluding hydrogens is 360 g/mol. The van der Waals surface area contributed by atoms with Gasteiger partial charge < -0.3 is 0 Å². The van der Waals surface area contributed by atoms with E-state index in [9.17, 15) is 0 Å². The summed E-state index contributed by atoms with van der Waals surface area (Å²) in [5.41, 5.74) is 4.03. The van der Waals surface area contributed by atoms with Crippen LogP contribution in [0.5, 0.6) is 0 Å². The van der Waals surface area contributed by atoms with Gasteiger partial charge in [0.05, 0.1) is 30.8 Å². The van der Waals surface area contributed by atoms with E-state index in [4.69, 9.17) is 4.98 Å². The van der Waals surface area contributed by atoms with Gasteiger partial charge in [-0.05, 0) is 30.3 Å². The minimum Gasteiger partial charge on any atom is -0.263 e. The van der Waals surface area contributed by atoms with Gasteiger partial charge in [-0.2, -0.15) is 0 Å². The van der Waals surface area contributed by atoms with Gasteiger partial charge in [0.25, 0.3) is 0 Å². The quantitative estimate of drug-likeness (QED) is 0.374. The summed E-state index contributed by atoms with van der Waals surface area (Å²) in [6, 6.07) is 10.4. The van der Waals surface area contributed by atoms with Crippen LogP contribution in [0.15, 0.2) is 61.3 Å². The van der Waals surface area contributed by atoms with Crippen LogP contribution < -0.4 is 0 Å². The molecule has 6 aromatic rings. The zero-order chi connectivity index (χ0) is 17.1. The van der Waals surface area contributed by atoms with Gasteiger partial charge in [0, 0.05) is 52.0 Å². The zero-order valence-electron chi connectivity index (χ0n) is 13.4. The predicted molar refractivity (Wildman–Crippen MR) is 109 cm³/mol. The molecule has 0 atom stereocenters. The Balaban J connectivity index is 1.57. The van der Waals surface area contributed by atoms with E-state index in [1.54, 1.807) is 22.7 Å². The van der Waals surface area contributed by atoms with E-state index < -0.39 is 0 Å². The van der Waals surface area contributed by atoms with Crippen molar-refractivity contribution in [2.45, 2.75) is 0 Å². The van der Waals surface area contributed by atoms with Gasteiger partial charge in [0.2, 0.25) is 0 Å². The Morgan fingerprint density at radius 1 is 0.654 bits per heavy atom. The molecule has 0 fully saturated rings. The zero-order valence-corrected chi connectivity index (χ0v) is 15.0. The molecule has 6 heterocycles. The lowest BCUT2D eigenvalue weighted by Crippen LogP contribution is -1.84. The van der Waals surface area contributed by atoms with Crippen LogP contribution in [0, 0.1) is 0 Å². The van der Waals surface area contributed by atoms with Crippen molar-refractivity contribution in [1.82, 2.24) is 19.9 Å². The third-order valence-corrected chi connectivity index (χ3v) is 6.70. The monoisotopic (exact) mass is 370 g/mol. The van der Waals surface area contributed by atoms with E-state index in [0.717, 1.165) is 42.5 Å². The molecule has 0 saturated carbocycles. The summed E-state index contributed by atoms with van der Waals surface area (Å²) < 4.78 is 4.70. The minimum absolute atomic E-state index is 0.939. The Labute approximate surface area is 155 Å². The Morgan fingerprint density at radius 2 is 1.58 bits per heavy atom. The molecule has 0 spiro atoms. The van der Waals surface area contributed by atoms with Crippen LogP contribution >= 0.6 is 22.7 Å². The van der Waals surface area contributed by atoms with Crippen LogP contribution in [0.25, 0.3) is 51.9 Å². The average molecular weight is 370 g/mol. The van der Waals surface area contributed by atoms with Crippen molar-refractivity contribution in [1.29, 1.82) is 0 Å². The van der Waals surface area contributed by atoms with Crippen molar-refractivity contribution in [2.24, 2.45) is 0 Å². The minimum atomic E-state index is 0.939. The molecule has 0 aliphatic rings. The maximum absolute atomic E-state index is 4.70. The molecule has 0 N–H and O–H groups in total. The first-order chi connectivity index (χ1) is 12.9. The van der Waals surface area contributed by atoms with Crippen LogP contribution in [0.4, 0.5) is 0 Å². The molecule has 0 aliphatic carbocycles. The largest absolute Gasteiger partial charge is 0.263 e. The molecule has 6 rings (SSSR count). The maximum atomic E-state index is 4.70. The highest BCUT2D eigenvalue weighted by Crippen LogP contribution is 2.36. The fourth-order valence-electron chi connectivity index (χ4n) is 3.29. The van der Waals surface area contributed by atoms with Crippen LogP contribution in [0.2, 0.25) is 0 Å². The van der Waals surface area contributed by atoms with Crippen molar-refractivity contribution >= 4 is 63.3 Å². The standard InChI is InChI=1S/C20H10N4S2/c1-2-15-20(22-4-1)13-9-23-14(7-16(13)25-15)11-6-17-19(24-8-11)12-3-5-21-10-18(12)26-17/h1-10H. The van der Waals surface area contributed by atoms with E-state index in [-0.39, 0.29) is 0 Å². The first-order valence-electron chi connectivity index (χ1n) is 8.13. The summed E-state index contributed by atoms with van der Waals surface area (Å²) in [6.07, 6.45) is 9.38. The van der Waals surface area contributed by atoms with Crippen LogP contribution in [-0.4, -0.2) is 19.9 Å². The SMILES string of the molecule is c1cnc2c(c1)sc1cc(-c3cnc4c(c3)sc3cnccc34)ncc12. The third-order valence-electron chi connectivity index (χ3n) is 4.52. The molecule has 6 heteroatoms. The van der Waals surface area contributed by atoms with Gasteiger partial charge in [0.1, 0.15) is 0 Å². The fraction of sp³-hybridized carbons (Fsp3) is 0. The smallest absolute Gasteiger partial charge is 0.0903 e. The summed E-state index contributed by atoms with van der Waals surface area (Å²) >= 11 is 3.47. The lowest BCUT2D eigenvalue weighted by atomic mass is 10.1. The van der Waals surface area contributed by atoms with E-state index in [1.165, 1.54) is 9.40 Å². The number of fused-ring (bicyclic) bond motifs is 6. The molecule has 122 valence electrons. The Hall–Kier alpha value is -2.96. The van der Waals surface area contributed by atoms with Crippen LogP contribution in [0.1, 0.15) is 0 Å². The number of pyridine rings is 4. The van der Waals surface area contributed by atoms with Crippen molar-refractivity contribution < 1.29 is 0 Å². The lowest BCUT2D eigenvalue weighted by Gasteiger charge is -2.01. The second-order valence-corrected chi connectivity index (χ2v) is 8.23. The van der Waals surface area contributed by atoms with Crippen LogP contribution in [-0.2, 0) is 0 Å². The van der Waals surface area contributed by atoms with Crippen LogP contribution in [0.3, 0.4) is 0 Å². The number of aromatic nitrogens is 4. The second kappa shape index (κ2) is 5.27. The molecule has 0 bridgehead atoms. The van der Waals surface area contributed by atoms with Gasteiger partial charge >= 0.3 is 0 Å². The molecule has 0 aromatic carbocycles. The summed E-state index contributed by atoms with van der Waals surface area (Å²) in [5.74, 6) is 0. The van der Waals surface area contributed by atoms with E-state index >= 15 is 0 Å². The molecule has 0 amide bonds. The number of nitrogens with zero attached hydrogens (tertiary/aromatic N) is 4. The average Bonchev–Trinajstić information content (AvgIpc) is 3.24. The number of rotatable bonds is 1. The highest BCUT2D eigenvalue weighted by atomic mass is 32.1. The van der Waals surface area contributed by atoms with Gasteiger partial charge in [-0.15, -0.1) is 22.7 Å². The summed E-state index contributed by atoms with van der Waals surface area (Å²) in [7, 11) is 0. The Kier molecular flexibility index (Phi) is 2.88. The van der Waals surface area contributed by atoms with Gasteiger partial charge in [-0.3, -0.25) is 19.9 Å². The number of hydrogen-bond acceptors (Lipinski definition) is 6. The first-order valence-corrected chi connectivity index (χ1v) is 9.76. The Bertz CT molecular complexity index is 1340. The molecule has 26 heavy (non-hydrogen) atoms. The maximum Gasteiger partial charge on any atom is 0.0903 e. The molecule has 0 unspecified atom stereocenters. The molecule has 0 saturated heterocycles. The van der Waals surface area contributed by atoms with Crippen molar-refractivity contribution in [3.8, 4) is 11.3 Å². The molecular formula is C20H10N4S2. The van der Waals surface area contributed by atoms with E-state index in [1.807, 2.05) is 43.1 Å². The van der Waals surface area contributed by atoms with Gasteiger partial charge in [-0.25, -0.2) is 0 Å². The van der Waals surface area contributed by atoms with Gasteiger partial charge in [-0.1, -0.05) is 0 Å². The molecule has 0 radical (unpaired) electrons. The molecule has 6 aromatic heterocycles. The highest BCUT2D eigenvalue weighted by Gasteiger charge is 2.11. The number of thiophene rings is 2. The third kappa shape index (κ3) is 2.00. The van der Waals surface area contributed by atoms with Crippen molar-refractivity contribution in [3.63, 3.8) is 0 Å². The lowest BCUT2D eigenvalue weighted by molar-refractivity contribution is 1.33. The normalized spacial score (nSPS) is 11.8. The van der Waals surface area contributed by atoms with Crippen molar-refractivity contribution in [2.75, 3.05) is 0 Å². The second-order valence-electron chi connectivity index (χ2n) is 6.06. The van der Waals surface area contributed by atoms with Gasteiger partial charge in [0.15, 0.2) is 0 Å². The molecule has 0 aliphatic heterocycles. The topological polar surface area (TPSA) is 51.6 Å². The summed E-state index contributed by atoms with van der Waals surface area (Å²) in [6.45, 7) is 0. The Morgan fingerprint density at radius 3 is 2.58 bits per heavy atom. The predicted octanol–water partition coefficient (Wildman–Crippen LogP) is 5.67. The van der Waals surface area contributed by atoms with E-state index in [2.05, 4.69) is 33.2 Å². The van der Waals surface area contributed by atoms with E-state index in [0.29, 0.717) is 0 Å². The fourth-order valence-corrected chi connectivity index (χ4v) is 5.43. The number of hydrogen-bond donors (Lipinski definition) is 0. The highest BCUT2D eigenvalue weighted by molar-refractivity contribution is 7.26. The summed E-state index contributed by atoms with van der Waals surface area (Å²) in [5, 5.41) is 2.27. The molecule has 4 nitrogen and oxygen atoms in total. The summed E-state index contributed by atoms with van der Waals surface area (Å²) in [4.78, 5) is 18.1. The van der Waals surface area contributed by atoms with Crippen molar-refractivity contribution in [3.05, 3.63) is 61.3 Å². The first kappa shape index (κ1) is 14.2.